The van der Waals surface area contributed by atoms with E-state index in [2.05, 4.69) is 43.0 Å². The van der Waals surface area contributed by atoms with Gasteiger partial charge in [-0.3, -0.25) is 4.79 Å². The van der Waals surface area contributed by atoms with E-state index < -0.39 is 0 Å². The first kappa shape index (κ1) is 13.0. The maximum Gasteiger partial charge on any atom is 0.222 e. The van der Waals surface area contributed by atoms with Crippen molar-refractivity contribution in [2.24, 2.45) is 11.8 Å². The smallest absolute Gasteiger partial charge is 0.222 e. The van der Waals surface area contributed by atoms with Gasteiger partial charge < -0.3 is 4.90 Å². The fourth-order valence-corrected chi connectivity index (χ4v) is 4.31. The second-order valence-corrected chi connectivity index (χ2v) is 7.11. The molecule has 1 aromatic carbocycles. The fourth-order valence-electron chi connectivity index (χ4n) is 3.07. The molecule has 3 rings (SSSR count). The number of amides is 1. The summed E-state index contributed by atoms with van der Waals surface area (Å²) in [4.78, 5) is 15.6. The average Bonchev–Trinajstić information content (AvgIpc) is 2.96. The molecule has 0 saturated carbocycles. The van der Waals surface area contributed by atoms with Crippen LogP contribution in [-0.2, 0) is 4.79 Å². The highest BCUT2D eigenvalue weighted by atomic mass is 32.2. The molecule has 0 radical (unpaired) electrons. The van der Waals surface area contributed by atoms with E-state index in [1.54, 1.807) is 0 Å². The standard InChI is InChI=1S/C16H21NOS/c1-11(2)12-7-16(18)17(8-12)9-13-10-19-15-6-4-3-5-14(13)15/h3-6,11-13H,7-10H2,1-2H3. The van der Waals surface area contributed by atoms with Gasteiger partial charge in [-0.1, -0.05) is 32.0 Å². The van der Waals surface area contributed by atoms with E-state index in [0.29, 0.717) is 23.7 Å². The number of carbonyl (C=O) groups is 1. The Labute approximate surface area is 119 Å². The molecule has 2 nitrogen and oxygen atoms in total. The van der Waals surface area contributed by atoms with Crippen molar-refractivity contribution < 1.29 is 4.79 Å². The summed E-state index contributed by atoms with van der Waals surface area (Å²) in [6.45, 7) is 6.32. The summed E-state index contributed by atoms with van der Waals surface area (Å²) >= 11 is 1.93. The molecule has 2 aliphatic rings. The van der Waals surface area contributed by atoms with Crippen LogP contribution in [0.1, 0.15) is 31.7 Å². The van der Waals surface area contributed by atoms with Crippen LogP contribution in [0, 0.1) is 11.8 Å². The molecule has 0 N–H and O–H groups in total. The normalized spacial score (nSPS) is 26.3. The second-order valence-electron chi connectivity index (χ2n) is 6.05. The molecule has 1 amide bonds. The minimum absolute atomic E-state index is 0.355. The lowest BCUT2D eigenvalue weighted by Gasteiger charge is -2.22. The summed E-state index contributed by atoms with van der Waals surface area (Å²) < 4.78 is 0. The Bertz CT molecular complexity index is 485. The number of carbonyl (C=O) groups excluding carboxylic acids is 1. The van der Waals surface area contributed by atoms with Crippen LogP contribution < -0.4 is 0 Å². The van der Waals surface area contributed by atoms with Gasteiger partial charge in [0.05, 0.1) is 0 Å². The Morgan fingerprint density at radius 3 is 2.89 bits per heavy atom. The van der Waals surface area contributed by atoms with Crippen LogP contribution in [0.5, 0.6) is 0 Å². The van der Waals surface area contributed by atoms with Crippen molar-refractivity contribution >= 4 is 17.7 Å². The van der Waals surface area contributed by atoms with Crippen LogP contribution in [0.15, 0.2) is 29.2 Å². The Balaban J connectivity index is 1.69. The van der Waals surface area contributed by atoms with Gasteiger partial charge in [0.25, 0.3) is 0 Å². The largest absolute Gasteiger partial charge is 0.342 e. The van der Waals surface area contributed by atoms with Gasteiger partial charge in [-0.05, 0) is 23.5 Å². The van der Waals surface area contributed by atoms with Gasteiger partial charge in [0, 0.05) is 36.1 Å². The van der Waals surface area contributed by atoms with E-state index in [-0.39, 0.29) is 0 Å². The Kier molecular flexibility index (Phi) is 3.57. The average molecular weight is 275 g/mol. The van der Waals surface area contributed by atoms with Crippen molar-refractivity contribution in [2.75, 3.05) is 18.8 Å². The molecule has 1 fully saturated rings. The third-order valence-corrected chi connectivity index (χ3v) is 5.68. The van der Waals surface area contributed by atoms with Crippen molar-refractivity contribution in [1.29, 1.82) is 0 Å². The number of nitrogens with zero attached hydrogens (tertiary/aromatic N) is 1. The number of rotatable bonds is 3. The summed E-state index contributed by atoms with van der Waals surface area (Å²) in [7, 11) is 0. The molecule has 102 valence electrons. The number of hydrogen-bond donors (Lipinski definition) is 0. The zero-order valence-corrected chi connectivity index (χ0v) is 12.5. The van der Waals surface area contributed by atoms with Crippen molar-refractivity contribution in [3.8, 4) is 0 Å². The minimum Gasteiger partial charge on any atom is -0.342 e. The lowest BCUT2D eigenvalue weighted by atomic mass is 9.95. The molecule has 0 spiro atoms. The van der Waals surface area contributed by atoms with Crippen LogP contribution in [0.3, 0.4) is 0 Å². The molecule has 2 aliphatic heterocycles. The first-order valence-corrected chi connectivity index (χ1v) is 8.13. The molecule has 0 aliphatic carbocycles. The van der Waals surface area contributed by atoms with E-state index in [1.807, 2.05) is 11.8 Å². The molecular formula is C16H21NOS. The van der Waals surface area contributed by atoms with Crippen molar-refractivity contribution in [3.05, 3.63) is 29.8 Å². The van der Waals surface area contributed by atoms with Crippen LogP contribution in [-0.4, -0.2) is 29.6 Å². The zero-order chi connectivity index (χ0) is 13.4. The second kappa shape index (κ2) is 5.20. The Morgan fingerprint density at radius 2 is 2.16 bits per heavy atom. The van der Waals surface area contributed by atoms with Crippen LogP contribution in [0.2, 0.25) is 0 Å². The molecule has 2 unspecified atom stereocenters. The quantitative estimate of drug-likeness (QED) is 0.843. The van der Waals surface area contributed by atoms with Crippen LogP contribution >= 0.6 is 11.8 Å². The third-order valence-electron chi connectivity index (χ3n) is 4.43. The molecule has 1 aromatic rings. The number of hydrogen-bond acceptors (Lipinski definition) is 2. The van der Waals surface area contributed by atoms with E-state index in [1.165, 1.54) is 10.5 Å². The molecule has 2 atom stereocenters. The van der Waals surface area contributed by atoms with E-state index in [9.17, 15) is 4.79 Å². The highest BCUT2D eigenvalue weighted by Crippen LogP contribution is 2.40. The summed E-state index contributed by atoms with van der Waals surface area (Å²) in [5.74, 6) is 3.16. The maximum absolute atomic E-state index is 12.1. The third kappa shape index (κ3) is 2.53. The summed E-state index contributed by atoms with van der Waals surface area (Å²) in [5, 5.41) is 0. The van der Waals surface area contributed by atoms with Gasteiger partial charge in [-0.25, -0.2) is 0 Å². The van der Waals surface area contributed by atoms with Gasteiger partial charge in [0.2, 0.25) is 5.91 Å². The van der Waals surface area contributed by atoms with Crippen molar-refractivity contribution in [3.63, 3.8) is 0 Å². The highest BCUT2D eigenvalue weighted by molar-refractivity contribution is 7.99. The van der Waals surface area contributed by atoms with Gasteiger partial charge in [0.1, 0.15) is 0 Å². The molecule has 1 saturated heterocycles. The predicted molar refractivity (Wildman–Crippen MR) is 79.4 cm³/mol. The molecule has 3 heteroatoms. The highest BCUT2D eigenvalue weighted by Gasteiger charge is 2.34. The minimum atomic E-state index is 0.355. The van der Waals surface area contributed by atoms with Gasteiger partial charge in [-0.15, -0.1) is 11.8 Å². The van der Waals surface area contributed by atoms with Crippen molar-refractivity contribution in [1.82, 2.24) is 4.90 Å². The number of benzene rings is 1. The lowest BCUT2D eigenvalue weighted by molar-refractivity contribution is -0.127. The van der Waals surface area contributed by atoms with Gasteiger partial charge in [-0.2, -0.15) is 0 Å². The summed E-state index contributed by atoms with van der Waals surface area (Å²) in [6.07, 6.45) is 0.749. The number of thioether (sulfide) groups is 1. The van der Waals surface area contributed by atoms with Gasteiger partial charge in [0.15, 0.2) is 0 Å². The maximum atomic E-state index is 12.1. The fraction of sp³-hybridized carbons (Fsp3) is 0.562. The van der Waals surface area contributed by atoms with E-state index >= 15 is 0 Å². The number of fused-ring (bicyclic) bond motifs is 1. The van der Waals surface area contributed by atoms with Gasteiger partial charge >= 0.3 is 0 Å². The molecule has 0 aromatic heterocycles. The molecular weight excluding hydrogens is 254 g/mol. The SMILES string of the molecule is CC(C)C1CC(=O)N(CC2CSc3ccccc32)C1. The summed E-state index contributed by atoms with van der Waals surface area (Å²) in [5.41, 5.74) is 1.44. The first-order valence-electron chi connectivity index (χ1n) is 7.14. The monoisotopic (exact) mass is 275 g/mol. The number of likely N-dealkylation sites (tertiary alicyclic amines) is 1. The lowest BCUT2D eigenvalue weighted by Crippen LogP contribution is -2.30. The van der Waals surface area contributed by atoms with Crippen molar-refractivity contribution in [2.45, 2.75) is 31.1 Å². The summed E-state index contributed by atoms with van der Waals surface area (Å²) in [6, 6.07) is 8.63. The first-order chi connectivity index (χ1) is 9.15. The van der Waals surface area contributed by atoms with E-state index in [4.69, 9.17) is 0 Å². The Morgan fingerprint density at radius 1 is 1.37 bits per heavy atom. The van der Waals surface area contributed by atoms with Crippen LogP contribution in [0.4, 0.5) is 0 Å². The molecule has 2 heterocycles. The molecule has 0 bridgehead atoms. The Hall–Kier alpha value is -0.960. The zero-order valence-electron chi connectivity index (χ0n) is 11.6. The van der Waals surface area contributed by atoms with E-state index in [0.717, 1.165) is 25.3 Å². The predicted octanol–water partition coefficient (Wildman–Crippen LogP) is 3.38. The van der Waals surface area contributed by atoms with Crippen LogP contribution in [0.25, 0.3) is 0 Å². The topological polar surface area (TPSA) is 20.3 Å². The molecule has 19 heavy (non-hydrogen) atoms.